The lowest BCUT2D eigenvalue weighted by Crippen LogP contribution is -2.27. The maximum atomic E-state index is 12.6. The van der Waals surface area contributed by atoms with Crippen LogP contribution in [0.15, 0.2) is 51.5 Å². The van der Waals surface area contributed by atoms with Crippen molar-refractivity contribution in [3.63, 3.8) is 0 Å². The Morgan fingerprint density at radius 1 is 1.20 bits per heavy atom. The molecule has 4 aromatic rings. The van der Waals surface area contributed by atoms with Crippen molar-refractivity contribution in [1.29, 1.82) is 0 Å². The lowest BCUT2D eigenvalue weighted by Gasteiger charge is -2.08. The molecule has 9 heteroatoms. The molecule has 0 radical (unpaired) electrons. The van der Waals surface area contributed by atoms with Crippen molar-refractivity contribution in [2.24, 2.45) is 0 Å². The van der Waals surface area contributed by atoms with Crippen molar-refractivity contribution in [2.75, 3.05) is 0 Å². The molecule has 4 rings (SSSR count). The molecule has 0 saturated heterocycles. The van der Waals surface area contributed by atoms with Gasteiger partial charge >= 0.3 is 5.97 Å². The molecule has 1 aromatic carbocycles. The molecule has 8 nitrogen and oxygen atoms in total. The van der Waals surface area contributed by atoms with Crippen molar-refractivity contribution in [3.8, 4) is 0 Å². The van der Waals surface area contributed by atoms with Gasteiger partial charge in [-0.15, -0.1) is 11.3 Å². The number of fused-ring (bicyclic) bond motifs is 2. The number of aromatic nitrogens is 4. The predicted octanol–water partition coefficient (Wildman–Crippen LogP) is 1.21. The third kappa shape index (κ3) is 2.50. The van der Waals surface area contributed by atoms with Gasteiger partial charge in [-0.3, -0.25) is 14.0 Å². The zero-order chi connectivity index (χ0) is 17.6. The summed E-state index contributed by atoms with van der Waals surface area (Å²) in [5.41, 5.74) is -0.583. The fourth-order valence-electron chi connectivity index (χ4n) is 2.62. The van der Waals surface area contributed by atoms with Gasteiger partial charge in [-0.2, -0.15) is 5.10 Å². The highest BCUT2D eigenvalue weighted by molar-refractivity contribution is 7.15. The molecule has 124 valence electrons. The molecule has 0 aliphatic heterocycles. The first-order valence-electron chi connectivity index (χ1n) is 7.23. The number of carboxylic acid groups (broad SMARTS) is 1. The van der Waals surface area contributed by atoms with E-state index in [1.54, 1.807) is 35.8 Å². The van der Waals surface area contributed by atoms with Gasteiger partial charge in [0, 0.05) is 23.0 Å². The molecule has 0 aliphatic carbocycles. The predicted molar refractivity (Wildman–Crippen MR) is 91.4 cm³/mol. The summed E-state index contributed by atoms with van der Waals surface area (Å²) in [4.78, 5) is 41.0. The zero-order valence-corrected chi connectivity index (χ0v) is 13.4. The number of benzene rings is 1. The lowest BCUT2D eigenvalue weighted by molar-refractivity contribution is 0.0690. The summed E-state index contributed by atoms with van der Waals surface area (Å²) in [5, 5.41) is 15.6. The molecule has 0 unspecified atom stereocenters. The van der Waals surface area contributed by atoms with Crippen LogP contribution in [-0.4, -0.2) is 30.2 Å². The van der Waals surface area contributed by atoms with Gasteiger partial charge in [0.25, 0.3) is 11.1 Å². The van der Waals surface area contributed by atoms with Crippen molar-refractivity contribution >= 4 is 33.0 Å². The van der Waals surface area contributed by atoms with Gasteiger partial charge in [0.2, 0.25) is 0 Å². The smallest absolute Gasteiger partial charge is 0.357 e. The Hall–Kier alpha value is -3.33. The SMILES string of the molecule is O=C(O)c1nn(Cc2cc(=O)n3ccsc3n2)c(=O)c2ccccc12. The van der Waals surface area contributed by atoms with E-state index in [-0.39, 0.29) is 28.6 Å². The summed E-state index contributed by atoms with van der Waals surface area (Å²) >= 11 is 1.29. The van der Waals surface area contributed by atoms with E-state index < -0.39 is 11.5 Å². The van der Waals surface area contributed by atoms with Gasteiger partial charge in [-0.05, 0) is 6.07 Å². The Balaban J connectivity index is 1.91. The fraction of sp³-hybridized carbons (Fsp3) is 0.0625. The first kappa shape index (κ1) is 15.2. The number of nitrogens with zero attached hydrogens (tertiary/aromatic N) is 4. The third-order valence-electron chi connectivity index (χ3n) is 3.74. The van der Waals surface area contributed by atoms with Crippen LogP contribution in [0.1, 0.15) is 16.2 Å². The summed E-state index contributed by atoms with van der Waals surface area (Å²) in [5.74, 6) is -1.23. The highest BCUT2D eigenvalue weighted by Gasteiger charge is 2.16. The van der Waals surface area contributed by atoms with Crippen molar-refractivity contribution in [2.45, 2.75) is 6.54 Å². The first-order chi connectivity index (χ1) is 12.0. The van der Waals surface area contributed by atoms with Crippen LogP contribution in [0.5, 0.6) is 0 Å². The molecule has 25 heavy (non-hydrogen) atoms. The second-order valence-corrected chi connectivity index (χ2v) is 6.18. The lowest BCUT2D eigenvalue weighted by atomic mass is 10.1. The molecule has 0 aliphatic rings. The Bertz CT molecular complexity index is 1250. The summed E-state index contributed by atoms with van der Waals surface area (Å²) in [7, 11) is 0. The molecule has 0 atom stereocenters. The van der Waals surface area contributed by atoms with E-state index in [1.165, 1.54) is 21.8 Å². The minimum Gasteiger partial charge on any atom is -0.476 e. The minimum absolute atomic E-state index is 0.0897. The highest BCUT2D eigenvalue weighted by atomic mass is 32.1. The maximum absolute atomic E-state index is 12.6. The van der Waals surface area contributed by atoms with Gasteiger partial charge in [-0.25, -0.2) is 14.5 Å². The van der Waals surface area contributed by atoms with E-state index in [4.69, 9.17) is 0 Å². The summed E-state index contributed by atoms with van der Waals surface area (Å²) in [6, 6.07) is 7.70. The average molecular weight is 354 g/mol. The van der Waals surface area contributed by atoms with Gasteiger partial charge in [-0.1, -0.05) is 18.2 Å². The van der Waals surface area contributed by atoms with Crippen LogP contribution in [0, 0.1) is 0 Å². The zero-order valence-electron chi connectivity index (χ0n) is 12.6. The largest absolute Gasteiger partial charge is 0.476 e. The molecule has 0 fully saturated rings. The van der Waals surface area contributed by atoms with Crippen LogP contribution in [-0.2, 0) is 6.54 Å². The fourth-order valence-corrected chi connectivity index (χ4v) is 3.36. The number of aromatic carboxylic acids is 1. The Morgan fingerprint density at radius 3 is 2.72 bits per heavy atom. The second kappa shape index (κ2) is 5.64. The van der Waals surface area contributed by atoms with Crippen LogP contribution in [0.2, 0.25) is 0 Å². The van der Waals surface area contributed by atoms with E-state index >= 15 is 0 Å². The third-order valence-corrected chi connectivity index (χ3v) is 4.49. The number of thiazole rings is 1. The van der Waals surface area contributed by atoms with Gasteiger partial charge < -0.3 is 5.11 Å². The molecule has 0 bridgehead atoms. The normalized spacial score (nSPS) is 11.2. The molecule has 0 spiro atoms. The second-order valence-electron chi connectivity index (χ2n) is 5.30. The number of carbonyl (C=O) groups is 1. The standard InChI is InChI=1S/C16H10N4O4S/c21-12-7-9(17-16-19(12)5-6-25-16)8-20-14(22)11-4-2-1-3-10(11)13(18-20)15(23)24/h1-7H,8H2,(H,23,24). The Morgan fingerprint density at radius 2 is 1.96 bits per heavy atom. The van der Waals surface area contributed by atoms with Gasteiger partial charge in [0.1, 0.15) is 0 Å². The Labute approximate surface area is 143 Å². The monoisotopic (exact) mass is 354 g/mol. The number of hydrogen-bond acceptors (Lipinski definition) is 6. The number of hydrogen-bond donors (Lipinski definition) is 1. The maximum Gasteiger partial charge on any atom is 0.357 e. The van der Waals surface area contributed by atoms with E-state index in [0.29, 0.717) is 10.7 Å². The van der Waals surface area contributed by atoms with Crippen molar-refractivity contribution in [3.05, 3.63) is 74.0 Å². The first-order valence-corrected chi connectivity index (χ1v) is 8.11. The molecule has 0 saturated carbocycles. The summed E-state index contributed by atoms with van der Waals surface area (Å²) in [6.07, 6.45) is 1.61. The van der Waals surface area contributed by atoms with Crippen LogP contribution in [0.3, 0.4) is 0 Å². The molecule has 1 N–H and O–H groups in total. The quantitative estimate of drug-likeness (QED) is 0.593. The number of rotatable bonds is 3. The Kier molecular flexibility index (Phi) is 3.43. The highest BCUT2D eigenvalue weighted by Crippen LogP contribution is 2.14. The van der Waals surface area contributed by atoms with Crippen molar-refractivity contribution in [1.82, 2.24) is 19.2 Å². The molecule has 0 amide bonds. The van der Waals surface area contributed by atoms with E-state index in [1.807, 2.05) is 0 Å². The molecular weight excluding hydrogens is 344 g/mol. The molecular formula is C16H10N4O4S. The minimum atomic E-state index is -1.23. The summed E-state index contributed by atoms with van der Waals surface area (Å²) < 4.78 is 2.42. The van der Waals surface area contributed by atoms with Crippen LogP contribution in [0.4, 0.5) is 0 Å². The van der Waals surface area contributed by atoms with E-state index in [2.05, 4.69) is 10.1 Å². The summed E-state index contributed by atoms with van der Waals surface area (Å²) in [6.45, 7) is -0.0897. The molecule has 3 heterocycles. The van der Waals surface area contributed by atoms with E-state index in [9.17, 15) is 19.5 Å². The average Bonchev–Trinajstić information content (AvgIpc) is 3.06. The van der Waals surface area contributed by atoms with Crippen molar-refractivity contribution < 1.29 is 9.90 Å². The number of carboxylic acids is 1. The van der Waals surface area contributed by atoms with Gasteiger partial charge in [0.15, 0.2) is 10.7 Å². The topological polar surface area (TPSA) is 107 Å². The molecule has 3 aromatic heterocycles. The van der Waals surface area contributed by atoms with Crippen LogP contribution < -0.4 is 11.1 Å². The van der Waals surface area contributed by atoms with Crippen LogP contribution in [0.25, 0.3) is 15.7 Å². The van der Waals surface area contributed by atoms with Crippen LogP contribution >= 0.6 is 11.3 Å². The van der Waals surface area contributed by atoms with E-state index in [0.717, 1.165) is 4.68 Å². The van der Waals surface area contributed by atoms with Gasteiger partial charge in [0.05, 0.1) is 17.6 Å².